The van der Waals surface area contributed by atoms with Crippen molar-refractivity contribution < 1.29 is 4.74 Å². The van der Waals surface area contributed by atoms with Crippen LogP contribution >= 0.6 is 11.6 Å². The van der Waals surface area contributed by atoms with Crippen molar-refractivity contribution in [3.63, 3.8) is 0 Å². The Morgan fingerprint density at radius 2 is 2.16 bits per heavy atom. The lowest BCUT2D eigenvalue weighted by Crippen LogP contribution is -2.29. The molecule has 1 fully saturated rings. The molecule has 5 heteroatoms. The van der Waals surface area contributed by atoms with Crippen LogP contribution in [0.25, 0.3) is 0 Å². The van der Waals surface area contributed by atoms with Crippen LogP contribution in [0.3, 0.4) is 0 Å². The van der Waals surface area contributed by atoms with Crippen molar-refractivity contribution in [3.05, 3.63) is 11.2 Å². The van der Waals surface area contributed by atoms with Crippen molar-refractivity contribution in [2.45, 2.75) is 46.1 Å². The van der Waals surface area contributed by atoms with Gasteiger partial charge < -0.3 is 10.1 Å². The summed E-state index contributed by atoms with van der Waals surface area (Å²) in [4.78, 5) is 8.44. The Bertz CT molecular complexity index is 427. The molecular weight excluding hydrogens is 262 g/mol. The van der Waals surface area contributed by atoms with Crippen LogP contribution in [-0.4, -0.2) is 22.6 Å². The number of hydrogen-bond donors (Lipinski definition) is 1. The first kappa shape index (κ1) is 14.4. The van der Waals surface area contributed by atoms with Crippen LogP contribution in [0.4, 0.5) is 5.95 Å². The van der Waals surface area contributed by atoms with E-state index in [-0.39, 0.29) is 6.10 Å². The van der Waals surface area contributed by atoms with Gasteiger partial charge in [0, 0.05) is 6.54 Å². The molecule has 106 valence electrons. The molecule has 0 spiro atoms. The van der Waals surface area contributed by atoms with E-state index in [1.54, 1.807) is 6.20 Å². The average molecular weight is 284 g/mol. The second kappa shape index (κ2) is 6.42. The van der Waals surface area contributed by atoms with E-state index in [9.17, 15) is 0 Å². The fraction of sp³-hybridized carbons (Fsp3) is 0.714. The lowest BCUT2D eigenvalue weighted by atomic mass is 9.80. The summed E-state index contributed by atoms with van der Waals surface area (Å²) in [7, 11) is 0. The van der Waals surface area contributed by atoms with Gasteiger partial charge >= 0.3 is 0 Å². The monoisotopic (exact) mass is 283 g/mol. The molecule has 0 saturated heterocycles. The standard InChI is InChI=1S/C14H22ClN3O/c1-4-16-14-17-8-12(15)13(18-14)19-11-6-5-9(2)10(3)7-11/h8-11H,4-7H2,1-3H3,(H,16,17,18). The van der Waals surface area contributed by atoms with E-state index in [2.05, 4.69) is 29.1 Å². The quantitative estimate of drug-likeness (QED) is 0.914. The van der Waals surface area contributed by atoms with Crippen molar-refractivity contribution in [1.29, 1.82) is 0 Å². The van der Waals surface area contributed by atoms with Gasteiger partial charge in [0.15, 0.2) is 0 Å². The highest BCUT2D eigenvalue weighted by atomic mass is 35.5. The Morgan fingerprint density at radius 3 is 2.84 bits per heavy atom. The molecule has 2 rings (SSSR count). The van der Waals surface area contributed by atoms with Crippen LogP contribution < -0.4 is 10.1 Å². The third-order valence-electron chi connectivity index (χ3n) is 3.88. The molecule has 1 saturated carbocycles. The summed E-state index contributed by atoms with van der Waals surface area (Å²) in [6.07, 6.45) is 5.15. The Balaban J connectivity index is 2.04. The molecule has 1 aromatic heterocycles. The summed E-state index contributed by atoms with van der Waals surface area (Å²) in [5, 5.41) is 3.55. The Kier molecular flexibility index (Phi) is 4.86. The maximum atomic E-state index is 6.10. The fourth-order valence-corrected chi connectivity index (χ4v) is 2.58. The van der Waals surface area contributed by atoms with Gasteiger partial charge in [-0.1, -0.05) is 25.4 Å². The van der Waals surface area contributed by atoms with E-state index in [0.717, 1.165) is 25.3 Å². The molecule has 0 bridgehead atoms. The Morgan fingerprint density at radius 1 is 1.37 bits per heavy atom. The highest BCUT2D eigenvalue weighted by Gasteiger charge is 2.26. The number of anilines is 1. The molecule has 0 aromatic carbocycles. The predicted molar refractivity (Wildman–Crippen MR) is 77.8 cm³/mol. The van der Waals surface area contributed by atoms with Crippen LogP contribution in [0.1, 0.15) is 40.0 Å². The minimum absolute atomic E-state index is 0.216. The minimum atomic E-state index is 0.216. The zero-order chi connectivity index (χ0) is 13.8. The van der Waals surface area contributed by atoms with Crippen LogP contribution in [0, 0.1) is 11.8 Å². The molecule has 1 aliphatic carbocycles. The Labute approximate surface area is 119 Å². The van der Waals surface area contributed by atoms with Crippen molar-refractivity contribution >= 4 is 17.5 Å². The van der Waals surface area contributed by atoms with E-state index in [0.29, 0.717) is 22.8 Å². The third kappa shape index (κ3) is 3.72. The minimum Gasteiger partial charge on any atom is -0.473 e. The maximum absolute atomic E-state index is 6.10. The van der Waals surface area contributed by atoms with Crippen LogP contribution in [0.2, 0.25) is 5.02 Å². The second-order valence-electron chi connectivity index (χ2n) is 5.38. The number of rotatable bonds is 4. The van der Waals surface area contributed by atoms with E-state index < -0.39 is 0 Å². The Hall–Kier alpha value is -1.03. The van der Waals surface area contributed by atoms with Crippen molar-refractivity contribution in [3.8, 4) is 5.88 Å². The largest absolute Gasteiger partial charge is 0.473 e. The molecule has 4 nitrogen and oxygen atoms in total. The van der Waals surface area contributed by atoms with Gasteiger partial charge in [-0.05, 0) is 38.0 Å². The topological polar surface area (TPSA) is 47.0 Å². The summed E-state index contributed by atoms with van der Waals surface area (Å²) < 4.78 is 5.97. The maximum Gasteiger partial charge on any atom is 0.237 e. The van der Waals surface area contributed by atoms with Gasteiger partial charge in [-0.25, -0.2) is 4.98 Å². The van der Waals surface area contributed by atoms with Gasteiger partial charge in [0.05, 0.1) is 6.20 Å². The molecule has 1 aliphatic rings. The molecule has 1 N–H and O–H groups in total. The predicted octanol–water partition coefficient (Wildman–Crippen LogP) is 3.77. The molecule has 0 amide bonds. The number of nitrogens with one attached hydrogen (secondary N) is 1. The average Bonchev–Trinajstić information content (AvgIpc) is 2.38. The van der Waals surface area contributed by atoms with Crippen molar-refractivity contribution in [2.24, 2.45) is 11.8 Å². The van der Waals surface area contributed by atoms with Crippen molar-refractivity contribution in [1.82, 2.24) is 9.97 Å². The van der Waals surface area contributed by atoms with Gasteiger partial charge in [-0.15, -0.1) is 0 Å². The molecule has 3 unspecified atom stereocenters. The summed E-state index contributed by atoms with van der Waals surface area (Å²) in [6, 6.07) is 0. The molecular formula is C14H22ClN3O. The van der Waals surface area contributed by atoms with E-state index in [4.69, 9.17) is 16.3 Å². The van der Waals surface area contributed by atoms with Crippen LogP contribution in [0.15, 0.2) is 6.20 Å². The first-order chi connectivity index (χ1) is 9.10. The smallest absolute Gasteiger partial charge is 0.237 e. The van der Waals surface area contributed by atoms with E-state index in [1.165, 1.54) is 6.42 Å². The second-order valence-corrected chi connectivity index (χ2v) is 5.79. The van der Waals surface area contributed by atoms with E-state index in [1.807, 2.05) is 6.92 Å². The van der Waals surface area contributed by atoms with Crippen molar-refractivity contribution in [2.75, 3.05) is 11.9 Å². The van der Waals surface area contributed by atoms with Crippen LogP contribution in [-0.2, 0) is 0 Å². The first-order valence-corrected chi connectivity index (χ1v) is 7.41. The normalized spacial score (nSPS) is 27.1. The first-order valence-electron chi connectivity index (χ1n) is 7.03. The molecule has 19 heavy (non-hydrogen) atoms. The van der Waals surface area contributed by atoms with Gasteiger partial charge in [0.25, 0.3) is 0 Å². The highest BCUT2D eigenvalue weighted by Crippen LogP contribution is 2.33. The lowest BCUT2D eigenvalue weighted by Gasteiger charge is -2.32. The summed E-state index contributed by atoms with van der Waals surface area (Å²) in [5.41, 5.74) is 0. The molecule has 3 atom stereocenters. The molecule has 0 aliphatic heterocycles. The van der Waals surface area contributed by atoms with Gasteiger partial charge in [0.1, 0.15) is 11.1 Å². The summed E-state index contributed by atoms with van der Waals surface area (Å²) >= 11 is 6.10. The zero-order valence-corrected chi connectivity index (χ0v) is 12.6. The number of ether oxygens (including phenoxy) is 1. The number of aromatic nitrogens is 2. The number of nitrogens with zero attached hydrogens (tertiary/aromatic N) is 2. The SMILES string of the molecule is CCNc1ncc(Cl)c(OC2CCC(C)C(C)C2)n1. The number of halogens is 1. The van der Waals surface area contributed by atoms with Crippen LogP contribution in [0.5, 0.6) is 5.88 Å². The molecule has 1 aromatic rings. The van der Waals surface area contributed by atoms with Gasteiger partial charge in [-0.2, -0.15) is 4.98 Å². The van der Waals surface area contributed by atoms with Gasteiger partial charge in [-0.3, -0.25) is 0 Å². The van der Waals surface area contributed by atoms with Gasteiger partial charge in [0.2, 0.25) is 11.8 Å². The third-order valence-corrected chi connectivity index (χ3v) is 4.13. The van der Waals surface area contributed by atoms with E-state index >= 15 is 0 Å². The molecule has 0 radical (unpaired) electrons. The fourth-order valence-electron chi connectivity index (χ4n) is 2.44. The molecule has 1 heterocycles. The highest BCUT2D eigenvalue weighted by molar-refractivity contribution is 6.31. The lowest BCUT2D eigenvalue weighted by molar-refractivity contribution is 0.0965. The number of hydrogen-bond acceptors (Lipinski definition) is 4. The summed E-state index contributed by atoms with van der Waals surface area (Å²) in [5.74, 6) is 2.53. The zero-order valence-electron chi connectivity index (χ0n) is 11.8. The summed E-state index contributed by atoms with van der Waals surface area (Å²) in [6.45, 7) is 7.37.